The second-order valence-electron chi connectivity index (χ2n) is 5.36. The Kier molecular flexibility index (Phi) is 3.83. The highest BCUT2D eigenvalue weighted by molar-refractivity contribution is 4.99. The van der Waals surface area contributed by atoms with Crippen LogP contribution in [0.5, 0.6) is 0 Å². The molecule has 0 aromatic carbocycles. The molecule has 0 amide bonds. The quantitative estimate of drug-likeness (QED) is 0.776. The summed E-state index contributed by atoms with van der Waals surface area (Å²) in [6.07, 6.45) is 8.40. The van der Waals surface area contributed by atoms with Crippen LogP contribution < -0.4 is 5.32 Å². The summed E-state index contributed by atoms with van der Waals surface area (Å²) in [5.74, 6) is 0. The van der Waals surface area contributed by atoms with Gasteiger partial charge in [0.05, 0.1) is 18.8 Å². The van der Waals surface area contributed by atoms with Gasteiger partial charge in [0.15, 0.2) is 0 Å². The molecule has 16 heavy (non-hydrogen) atoms. The van der Waals surface area contributed by atoms with Gasteiger partial charge in [-0.3, -0.25) is 0 Å². The van der Waals surface area contributed by atoms with Crippen LogP contribution in [0, 0.1) is 16.7 Å². The number of nitrogens with one attached hydrogen (secondary N) is 1. The minimum atomic E-state index is 0.227. The molecular formula is C13H22N2O. The fourth-order valence-electron chi connectivity index (χ4n) is 2.63. The van der Waals surface area contributed by atoms with E-state index in [9.17, 15) is 0 Å². The number of nitrogens with zero attached hydrogens (tertiary/aromatic N) is 1. The summed E-state index contributed by atoms with van der Waals surface area (Å²) >= 11 is 0. The van der Waals surface area contributed by atoms with Crippen LogP contribution in [-0.4, -0.2) is 25.8 Å². The first-order valence-corrected chi connectivity index (χ1v) is 6.45. The van der Waals surface area contributed by atoms with E-state index in [2.05, 4.69) is 11.4 Å². The molecular weight excluding hydrogens is 200 g/mol. The maximum absolute atomic E-state index is 8.76. The Morgan fingerprint density at radius 1 is 1.38 bits per heavy atom. The first-order valence-electron chi connectivity index (χ1n) is 6.45. The molecule has 2 saturated carbocycles. The van der Waals surface area contributed by atoms with E-state index >= 15 is 0 Å². The van der Waals surface area contributed by atoms with E-state index < -0.39 is 0 Å². The van der Waals surface area contributed by atoms with Crippen molar-refractivity contribution < 1.29 is 4.74 Å². The smallest absolute Gasteiger partial charge is 0.0728 e. The molecule has 2 rings (SSSR count). The molecule has 0 aromatic heterocycles. The van der Waals surface area contributed by atoms with E-state index in [1.54, 1.807) is 0 Å². The van der Waals surface area contributed by atoms with Gasteiger partial charge in [0.25, 0.3) is 0 Å². The highest BCUT2D eigenvalue weighted by Gasteiger charge is 2.43. The zero-order valence-electron chi connectivity index (χ0n) is 10.2. The zero-order chi connectivity index (χ0) is 11.4. The third kappa shape index (κ3) is 2.75. The molecule has 3 heteroatoms. The average Bonchev–Trinajstić information content (AvgIpc) is 3.08. The molecule has 2 aliphatic rings. The molecule has 0 spiro atoms. The normalized spacial score (nSPS) is 32.0. The first kappa shape index (κ1) is 11.9. The second-order valence-corrected chi connectivity index (χ2v) is 5.36. The van der Waals surface area contributed by atoms with Crippen LogP contribution in [0.2, 0.25) is 0 Å². The molecule has 0 saturated heterocycles. The lowest BCUT2D eigenvalue weighted by atomic mass is 9.92. The fraction of sp³-hybridized carbons (Fsp3) is 0.923. The third-order valence-corrected chi connectivity index (χ3v) is 4.09. The molecule has 2 fully saturated rings. The summed E-state index contributed by atoms with van der Waals surface area (Å²) in [6, 6.07) is 2.81. The maximum atomic E-state index is 8.76. The van der Waals surface area contributed by atoms with Gasteiger partial charge in [0.2, 0.25) is 0 Å². The molecule has 0 radical (unpaired) electrons. The summed E-state index contributed by atoms with van der Waals surface area (Å²) in [5, 5.41) is 12.1. The molecule has 2 unspecified atom stereocenters. The predicted octanol–water partition coefficient (Wildman–Crippen LogP) is 2.23. The van der Waals surface area contributed by atoms with Crippen molar-refractivity contribution in [3.05, 3.63) is 0 Å². The lowest BCUT2D eigenvalue weighted by Crippen LogP contribution is -2.42. The molecule has 0 bridgehead atoms. The lowest BCUT2D eigenvalue weighted by molar-refractivity contribution is -0.0153. The van der Waals surface area contributed by atoms with Crippen molar-refractivity contribution in [1.29, 1.82) is 5.26 Å². The number of rotatable bonds is 5. The van der Waals surface area contributed by atoms with Crippen LogP contribution in [0.1, 0.15) is 44.9 Å². The minimum Gasteiger partial charge on any atom is -0.376 e. The summed E-state index contributed by atoms with van der Waals surface area (Å²) in [4.78, 5) is 0. The number of nitriles is 1. The molecule has 3 nitrogen and oxygen atoms in total. The Morgan fingerprint density at radius 3 is 2.75 bits per heavy atom. The maximum Gasteiger partial charge on any atom is 0.0728 e. The van der Waals surface area contributed by atoms with Crippen molar-refractivity contribution in [1.82, 2.24) is 5.32 Å². The summed E-state index contributed by atoms with van der Waals surface area (Å²) < 4.78 is 6.05. The largest absolute Gasteiger partial charge is 0.376 e. The van der Waals surface area contributed by atoms with Gasteiger partial charge in [-0.25, -0.2) is 0 Å². The van der Waals surface area contributed by atoms with E-state index in [0.29, 0.717) is 18.6 Å². The van der Waals surface area contributed by atoms with Crippen molar-refractivity contribution in [2.45, 2.75) is 57.1 Å². The Balaban J connectivity index is 1.78. The Bertz CT molecular complexity index is 268. The van der Waals surface area contributed by atoms with Crippen molar-refractivity contribution in [2.24, 2.45) is 5.41 Å². The summed E-state index contributed by atoms with van der Waals surface area (Å²) in [5.41, 5.74) is 0.227. The van der Waals surface area contributed by atoms with Gasteiger partial charge in [0, 0.05) is 17.9 Å². The molecule has 0 aromatic rings. The second kappa shape index (κ2) is 5.16. The van der Waals surface area contributed by atoms with E-state index in [4.69, 9.17) is 10.00 Å². The molecule has 0 heterocycles. The minimum absolute atomic E-state index is 0.227. The van der Waals surface area contributed by atoms with E-state index in [0.717, 1.165) is 6.61 Å². The fourth-order valence-corrected chi connectivity index (χ4v) is 2.63. The van der Waals surface area contributed by atoms with Crippen LogP contribution in [0.25, 0.3) is 0 Å². The van der Waals surface area contributed by atoms with Crippen LogP contribution in [0.4, 0.5) is 0 Å². The monoisotopic (exact) mass is 222 g/mol. The topological polar surface area (TPSA) is 45.0 Å². The third-order valence-electron chi connectivity index (χ3n) is 4.09. The number of hydrogen-bond acceptors (Lipinski definition) is 3. The van der Waals surface area contributed by atoms with Crippen molar-refractivity contribution >= 4 is 0 Å². The number of ether oxygens (including phenoxy) is 1. The highest BCUT2D eigenvalue weighted by atomic mass is 16.5. The molecule has 0 aliphatic heterocycles. The molecule has 1 N–H and O–H groups in total. The van der Waals surface area contributed by atoms with E-state index in [1.807, 2.05) is 7.05 Å². The van der Waals surface area contributed by atoms with Crippen LogP contribution in [0.15, 0.2) is 0 Å². The number of hydrogen-bond donors (Lipinski definition) is 1. The van der Waals surface area contributed by atoms with Crippen LogP contribution in [-0.2, 0) is 4.74 Å². The van der Waals surface area contributed by atoms with Gasteiger partial charge in [0.1, 0.15) is 0 Å². The van der Waals surface area contributed by atoms with Crippen LogP contribution >= 0.6 is 0 Å². The molecule has 90 valence electrons. The Hall–Kier alpha value is -0.590. The van der Waals surface area contributed by atoms with E-state index in [1.165, 1.54) is 38.5 Å². The van der Waals surface area contributed by atoms with Crippen molar-refractivity contribution in [3.63, 3.8) is 0 Å². The summed E-state index contributed by atoms with van der Waals surface area (Å²) in [7, 11) is 2.02. The summed E-state index contributed by atoms with van der Waals surface area (Å²) in [6.45, 7) is 0.795. The van der Waals surface area contributed by atoms with Gasteiger partial charge >= 0.3 is 0 Å². The van der Waals surface area contributed by atoms with Crippen molar-refractivity contribution in [2.75, 3.05) is 13.7 Å². The highest BCUT2D eigenvalue weighted by Crippen LogP contribution is 2.49. The van der Waals surface area contributed by atoms with Crippen molar-refractivity contribution in [3.8, 4) is 6.07 Å². The van der Waals surface area contributed by atoms with Gasteiger partial charge < -0.3 is 10.1 Å². The van der Waals surface area contributed by atoms with Gasteiger partial charge in [-0.2, -0.15) is 5.26 Å². The van der Waals surface area contributed by atoms with Crippen LogP contribution in [0.3, 0.4) is 0 Å². The standard InChI is InChI=1S/C13H22N2O/c1-15-11-4-2-3-5-12(11)16-10-13(6-7-13)8-9-14/h11-12,15H,2-8,10H2,1H3. The Labute approximate surface area is 98.2 Å². The number of likely N-dealkylation sites (N-methyl/N-ethyl adjacent to an activating group) is 1. The molecule has 2 aliphatic carbocycles. The van der Waals surface area contributed by atoms with Gasteiger partial charge in [-0.1, -0.05) is 12.8 Å². The average molecular weight is 222 g/mol. The van der Waals surface area contributed by atoms with E-state index in [-0.39, 0.29) is 5.41 Å². The lowest BCUT2D eigenvalue weighted by Gasteiger charge is -2.32. The zero-order valence-corrected chi connectivity index (χ0v) is 10.2. The predicted molar refractivity (Wildman–Crippen MR) is 63.0 cm³/mol. The van der Waals surface area contributed by atoms with Gasteiger partial charge in [-0.15, -0.1) is 0 Å². The Morgan fingerprint density at radius 2 is 2.12 bits per heavy atom. The van der Waals surface area contributed by atoms with Gasteiger partial charge in [-0.05, 0) is 32.7 Å². The first-order chi connectivity index (χ1) is 7.79. The molecule has 2 atom stereocenters. The SMILES string of the molecule is CNC1CCCCC1OCC1(CC#N)CC1.